The Hall–Kier alpha value is -1.94. The third-order valence-corrected chi connectivity index (χ3v) is 3.05. The van der Waals surface area contributed by atoms with Gasteiger partial charge in [-0.2, -0.15) is 4.39 Å². The van der Waals surface area contributed by atoms with Crippen molar-refractivity contribution < 1.29 is 9.18 Å². The number of rotatable bonds is 4. The highest BCUT2D eigenvalue weighted by Gasteiger charge is 2.14. The zero-order chi connectivity index (χ0) is 14.5. The Balaban J connectivity index is 2.00. The number of amides is 1. The molecule has 0 saturated heterocycles. The molecule has 1 unspecified atom stereocenters. The normalized spacial score (nSPS) is 11.9. The van der Waals surface area contributed by atoms with Crippen molar-refractivity contribution in [1.82, 2.24) is 10.3 Å². The Morgan fingerprint density at radius 3 is 2.90 bits per heavy atom. The SMILES string of the molecule is CC(Cc1cccc(Cl)c1)NC(=O)c1cccnc1F. The molecule has 0 aliphatic carbocycles. The van der Waals surface area contributed by atoms with Crippen LogP contribution in [-0.4, -0.2) is 16.9 Å². The number of nitrogens with zero attached hydrogens (tertiary/aromatic N) is 1. The van der Waals surface area contributed by atoms with E-state index in [2.05, 4.69) is 10.3 Å². The van der Waals surface area contributed by atoms with Gasteiger partial charge in [0.1, 0.15) is 0 Å². The van der Waals surface area contributed by atoms with Crippen LogP contribution in [0.15, 0.2) is 42.6 Å². The van der Waals surface area contributed by atoms with Crippen molar-refractivity contribution in [3.8, 4) is 0 Å². The first-order chi connectivity index (χ1) is 9.56. The van der Waals surface area contributed by atoms with Gasteiger partial charge in [0.05, 0.1) is 5.56 Å². The number of hydrogen-bond acceptors (Lipinski definition) is 2. The lowest BCUT2D eigenvalue weighted by molar-refractivity contribution is 0.0935. The summed E-state index contributed by atoms with van der Waals surface area (Å²) < 4.78 is 13.4. The molecule has 20 heavy (non-hydrogen) atoms. The molecular weight excluding hydrogens is 279 g/mol. The van der Waals surface area contributed by atoms with Crippen LogP contribution < -0.4 is 5.32 Å². The van der Waals surface area contributed by atoms with E-state index in [0.717, 1.165) is 5.56 Å². The molecule has 5 heteroatoms. The standard InChI is InChI=1S/C15H14ClFN2O/c1-10(8-11-4-2-5-12(16)9-11)19-15(20)13-6-3-7-18-14(13)17/h2-7,9-10H,8H2,1H3,(H,19,20). The molecule has 0 saturated carbocycles. The predicted molar refractivity (Wildman–Crippen MR) is 76.3 cm³/mol. The molecule has 0 fully saturated rings. The van der Waals surface area contributed by atoms with E-state index < -0.39 is 11.9 Å². The molecule has 1 aromatic carbocycles. The monoisotopic (exact) mass is 292 g/mol. The quantitative estimate of drug-likeness (QED) is 0.879. The van der Waals surface area contributed by atoms with Crippen LogP contribution in [0.5, 0.6) is 0 Å². The minimum Gasteiger partial charge on any atom is -0.349 e. The van der Waals surface area contributed by atoms with Crippen LogP contribution in [0, 0.1) is 5.95 Å². The zero-order valence-corrected chi connectivity index (χ0v) is 11.7. The maximum Gasteiger partial charge on any atom is 0.256 e. The summed E-state index contributed by atoms with van der Waals surface area (Å²) in [6.45, 7) is 1.85. The fourth-order valence-corrected chi connectivity index (χ4v) is 2.14. The second-order valence-corrected chi connectivity index (χ2v) is 4.99. The van der Waals surface area contributed by atoms with Gasteiger partial charge in [-0.1, -0.05) is 23.7 Å². The van der Waals surface area contributed by atoms with Crippen LogP contribution in [0.4, 0.5) is 4.39 Å². The Bertz CT molecular complexity index is 618. The van der Waals surface area contributed by atoms with Crippen molar-refractivity contribution in [3.63, 3.8) is 0 Å². The number of halogens is 2. The van der Waals surface area contributed by atoms with Crippen molar-refractivity contribution in [3.05, 3.63) is 64.7 Å². The largest absolute Gasteiger partial charge is 0.349 e. The smallest absolute Gasteiger partial charge is 0.256 e. The number of carbonyl (C=O) groups excluding carboxylic acids is 1. The van der Waals surface area contributed by atoms with Gasteiger partial charge in [0.15, 0.2) is 0 Å². The Kier molecular flexibility index (Phi) is 4.69. The third kappa shape index (κ3) is 3.78. The molecule has 104 valence electrons. The Morgan fingerprint density at radius 2 is 2.20 bits per heavy atom. The number of nitrogens with one attached hydrogen (secondary N) is 1. The van der Waals surface area contributed by atoms with Crippen molar-refractivity contribution in [2.24, 2.45) is 0 Å². The van der Waals surface area contributed by atoms with Gasteiger partial charge in [0.25, 0.3) is 5.91 Å². The van der Waals surface area contributed by atoms with Gasteiger partial charge in [0.2, 0.25) is 5.95 Å². The topological polar surface area (TPSA) is 42.0 Å². The first kappa shape index (κ1) is 14.5. The van der Waals surface area contributed by atoms with Gasteiger partial charge < -0.3 is 5.32 Å². The average molecular weight is 293 g/mol. The van der Waals surface area contributed by atoms with E-state index in [-0.39, 0.29) is 11.6 Å². The van der Waals surface area contributed by atoms with Crippen molar-refractivity contribution in [2.45, 2.75) is 19.4 Å². The van der Waals surface area contributed by atoms with Crippen LogP contribution in [0.25, 0.3) is 0 Å². The van der Waals surface area contributed by atoms with Gasteiger partial charge in [0, 0.05) is 17.3 Å². The molecule has 0 aliphatic rings. The molecule has 3 nitrogen and oxygen atoms in total. The van der Waals surface area contributed by atoms with Crippen LogP contribution in [-0.2, 0) is 6.42 Å². The second kappa shape index (κ2) is 6.48. The highest BCUT2D eigenvalue weighted by atomic mass is 35.5. The van der Waals surface area contributed by atoms with Gasteiger partial charge >= 0.3 is 0 Å². The number of benzene rings is 1. The maximum atomic E-state index is 13.4. The molecule has 1 atom stereocenters. The van der Waals surface area contributed by atoms with Crippen LogP contribution in [0.1, 0.15) is 22.8 Å². The van der Waals surface area contributed by atoms with Gasteiger partial charge in [-0.05, 0) is 43.2 Å². The number of carbonyl (C=O) groups is 1. The van der Waals surface area contributed by atoms with Crippen molar-refractivity contribution in [2.75, 3.05) is 0 Å². The summed E-state index contributed by atoms with van der Waals surface area (Å²) in [5.41, 5.74) is 0.961. The fraction of sp³-hybridized carbons (Fsp3) is 0.200. The predicted octanol–water partition coefficient (Wildman–Crippen LogP) is 3.24. The maximum absolute atomic E-state index is 13.4. The molecule has 1 N–H and O–H groups in total. The van der Waals surface area contributed by atoms with Gasteiger partial charge in [-0.15, -0.1) is 0 Å². The number of hydrogen-bond donors (Lipinski definition) is 1. The molecular formula is C15H14ClFN2O. The van der Waals surface area contributed by atoms with Crippen LogP contribution >= 0.6 is 11.6 Å². The molecule has 2 aromatic rings. The van der Waals surface area contributed by atoms with E-state index in [9.17, 15) is 9.18 Å². The Labute approximate surface area is 121 Å². The Morgan fingerprint density at radius 1 is 1.40 bits per heavy atom. The molecule has 1 aromatic heterocycles. The zero-order valence-electron chi connectivity index (χ0n) is 10.9. The van der Waals surface area contributed by atoms with Crippen molar-refractivity contribution in [1.29, 1.82) is 0 Å². The van der Waals surface area contributed by atoms with Gasteiger partial charge in [-0.25, -0.2) is 4.98 Å². The lowest BCUT2D eigenvalue weighted by Gasteiger charge is -2.14. The first-order valence-electron chi connectivity index (χ1n) is 6.22. The summed E-state index contributed by atoms with van der Waals surface area (Å²) in [5, 5.41) is 3.40. The van der Waals surface area contributed by atoms with E-state index in [1.165, 1.54) is 18.3 Å². The highest BCUT2D eigenvalue weighted by Crippen LogP contribution is 2.12. The molecule has 0 radical (unpaired) electrons. The first-order valence-corrected chi connectivity index (χ1v) is 6.60. The van der Waals surface area contributed by atoms with E-state index in [4.69, 9.17) is 11.6 Å². The summed E-state index contributed by atoms with van der Waals surface area (Å²) in [5.74, 6) is -1.23. The summed E-state index contributed by atoms with van der Waals surface area (Å²) >= 11 is 5.91. The molecule has 1 heterocycles. The third-order valence-electron chi connectivity index (χ3n) is 2.81. The van der Waals surface area contributed by atoms with Crippen LogP contribution in [0.3, 0.4) is 0 Å². The minimum absolute atomic E-state index is 0.0505. The highest BCUT2D eigenvalue weighted by molar-refractivity contribution is 6.30. The average Bonchev–Trinajstić information content (AvgIpc) is 2.38. The minimum atomic E-state index is -0.764. The van der Waals surface area contributed by atoms with Crippen molar-refractivity contribution >= 4 is 17.5 Å². The van der Waals surface area contributed by atoms with E-state index in [1.807, 2.05) is 25.1 Å². The second-order valence-electron chi connectivity index (χ2n) is 4.55. The van der Waals surface area contributed by atoms with Crippen LogP contribution in [0.2, 0.25) is 5.02 Å². The number of aromatic nitrogens is 1. The lowest BCUT2D eigenvalue weighted by atomic mass is 10.1. The molecule has 0 aliphatic heterocycles. The lowest BCUT2D eigenvalue weighted by Crippen LogP contribution is -2.34. The molecule has 0 spiro atoms. The molecule has 1 amide bonds. The van der Waals surface area contributed by atoms with E-state index >= 15 is 0 Å². The van der Waals surface area contributed by atoms with Gasteiger partial charge in [-0.3, -0.25) is 4.79 Å². The summed E-state index contributed by atoms with van der Waals surface area (Å²) in [6, 6.07) is 10.2. The van der Waals surface area contributed by atoms with E-state index in [0.29, 0.717) is 11.4 Å². The van der Waals surface area contributed by atoms with E-state index in [1.54, 1.807) is 6.07 Å². The molecule has 0 bridgehead atoms. The molecule has 2 rings (SSSR count). The summed E-state index contributed by atoms with van der Waals surface area (Å²) in [6.07, 6.45) is 1.93. The summed E-state index contributed by atoms with van der Waals surface area (Å²) in [4.78, 5) is 15.4. The fourth-order valence-electron chi connectivity index (χ4n) is 1.93. The number of pyridine rings is 1. The summed E-state index contributed by atoms with van der Waals surface area (Å²) in [7, 11) is 0.